The molecule has 4 rings (SSSR count). The van der Waals surface area contributed by atoms with Crippen molar-refractivity contribution in [1.29, 1.82) is 0 Å². The predicted octanol–water partition coefficient (Wildman–Crippen LogP) is 3.08. The summed E-state index contributed by atoms with van der Waals surface area (Å²) in [5.74, 6) is 1.23. The largest absolute Gasteiger partial charge is 0.362 e. The fourth-order valence-electron chi connectivity index (χ4n) is 2.87. The van der Waals surface area contributed by atoms with Crippen molar-refractivity contribution in [3.63, 3.8) is 0 Å². The van der Waals surface area contributed by atoms with Gasteiger partial charge in [-0.15, -0.1) is 0 Å². The van der Waals surface area contributed by atoms with Crippen LogP contribution in [0.25, 0.3) is 11.4 Å². The molecule has 110 valence electrons. The highest BCUT2D eigenvalue weighted by Crippen LogP contribution is 2.28. The molecule has 0 radical (unpaired) electrons. The molecular formula is C17H16N4O. The van der Waals surface area contributed by atoms with Gasteiger partial charge in [0.1, 0.15) is 0 Å². The smallest absolute Gasteiger partial charge is 0.246 e. The van der Waals surface area contributed by atoms with E-state index in [2.05, 4.69) is 44.3 Å². The molecule has 0 saturated heterocycles. The van der Waals surface area contributed by atoms with Crippen LogP contribution in [0.3, 0.4) is 0 Å². The Morgan fingerprint density at radius 1 is 1.14 bits per heavy atom. The molecule has 3 aromatic rings. The average Bonchev–Trinajstić information content (AvgIpc) is 3.05. The molecule has 0 saturated carbocycles. The molecule has 5 heteroatoms. The van der Waals surface area contributed by atoms with Crippen molar-refractivity contribution in [1.82, 2.24) is 15.1 Å². The second-order valence-corrected chi connectivity index (χ2v) is 5.41. The Labute approximate surface area is 128 Å². The monoisotopic (exact) mass is 292 g/mol. The van der Waals surface area contributed by atoms with Gasteiger partial charge in [0.15, 0.2) is 0 Å². The van der Waals surface area contributed by atoms with Crippen LogP contribution in [-0.4, -0.2) is 21.7 Å². The number of aryl methyl sites for hydroxylation is 1. The van der Waals surface area contributed by atoms with E-state index in [1.165, 1.54) is 11.3 Å². The third kappa shape index (κ3) is 2.45. The van der Waals surface area contributed by atoms with Crippen molar-refractivity contribution >= 4 is 5.69 Å². The van der Waals surface area contributed by atoms with Crippen molar-refractivity contribution in [2.45, 2.75) is 19.4 Å². The summed E-state index contributed by atoms with van der Waals surface area (Å²) in [7, 11) is 0. The molecular weight excluding hydrogens is 276 g/mol. The first-order chi connectivity index (χ1) is 10.9. The molecule has 0 atom stereocenters. The molecule has 1 aliphatic rings. The number of hydrogen-bond donors (Lipinski definition) is 0. The van der Waals surface area contributed by atoms with Gasteiger partial charge < -0.3 is 9.42 Å². The van der Waals surface area contributed by atoms with Gasteiger partial charge in [-0.1, -0.05) is 23.4 Å². The predicted molar refractivity (Wildman–Crippen MR) is 83.3 cm³/mol. The zero-order chi connectivity index (χ0) is 14.8. The Morgan fingerprint density at radius 3 is 3.00 bits per heavy atom. The maximum absolute atomic E-state index is 5.41. The minimum absolute atomic E-state index is 0.591. The molecule has 0 aliphatic carbocycles. The number of benzene rings is 1. The lowest BCUT2D eigenvalue weighted by Crippen LogP contribution is -2.28. The van der Waals surface area contributed by atoms with Crippen LogP contribution >= 0.6 is 0 Å². The Morgan fingerprint density at radius 2 is 2.09 bits per heavy atom. The maximum atomic E-state index is 5.41. The van der Waals surface area contributed by atoms with Gasteiger partial charge in [0.05, 0.1) is 6.54 Å². The van der Waals surface area contributed by atoms with Gasteiger partial charge in [-0.25, -0.2) is 0 Å². The van der Waals surface area contributed by atoms with Crippen LogP contribution in [0.5, 0.6) is 0 Å². The second-order valence-electron chi connectivity index (χ2n) is 5.41. The molecule has 0 spiro atoms. The van der Waals surface area contributed by atoms with Crippen LogP contribution in [0.15, 0.2) is 53.3 Å². The van der Waals surface area contributed by atoms with Crippen LogP contribution in [0, 0.1) is 0 Å². The average molecular weight is 292 g/mol. The first-order valence-corrected chi connectivity index (χ1v) is 7.46. The summed E-state index contributed by atoms with van der Waals surface area (Å²) in [6, 6.07) is 12.3. The number of fused-ring (bicyclic) bond motifs is 1. The van der Waals surface area contributed by atoms with Crippen molar-refractivity contribution < 1.29 is 4.52 Å². The van der Waals surface area contributed by atoms with E-state index in [1.807, 2.05) is 12.1 Å². The minimum atomic E-state index is 0.591. The van der Waals surface area contributed by atoms with Gasteiger partial charge in [-0.3, -0.25) is 4.98 Å². The molecule has 0 N–H and O–H groups in total. The summed E-state index contributed by atoms with van der Waals surface area (Å²) in [4.78, 5) is 10.9. The molecule has 22 heavy (non-hydrogen) atoms. The van der Waals surface area contributed by atoms with Crippen molar-refractivity contribution in [3.8, 4) is 11.4 Å². The highest BCUT2D eigenvalue weighted by molar-refractivity contribution is 5.56. The van der Waals surface area contributed by atoms with E-state index >= 15 is 0 Å². The Hall–Kier alpha value is -2.69. The number of aromatic nitrogens is 3. The van der Waals surface area contributed by atoms with Crippen LogP contribution in [-0.2, 0) is 13.0 Å². The lowest BCUT2D eigenvalue weighted by atomic mass is 10.0. The van der Waals surface area contributed by atoms with Gasteiger partial charge in [0.25, 0.3) is 0 Å². The van der Waals surface area contributed by atoms with Gasteiger partial charge in [-0.05, 0) is 36.6 Å². The maximum Gasteiger partial charge on any atom is 0.246 e. The van der Waals surface area contributed by atoms with Crippen molar-refractivity contribution in [2.24, 2.45) is 0 Å². The molecule has 0 fully saturated rings. The molecule has 2 aromatic heterocycles. The molecule has 1 aliphatic heterocycles. The number of pyridine rings is 1. The third-order valence-corrected chi connectivity index (χ3v) is 3.92. The summed E-state index contributed by atoms with van der Waals surface area (Å²) in [5.41, 5.74) is 3.53. The topological polar surface area (TPSA) is 55.1 Å². The fourth-order valence-corrected chi connectivity index (χ4v) is 2.87. The molecule has 0 bridgehead atoms. The normalized spacial score (nSPS) is 13.9. The highest BCUT2D eigenvalue weighted by atomic mass is 16.5. The lowest BCUT2D eigenvalue weighted by Gasteiger charge is -2.29. The van der Waals surface area contributed by atoms with Gasteiger partial charge in [0, 0.05) is 30.2 Å². The quantitative estimate of drug-likeness (QED) is 0.742. The number of hydrogen-bond acceptors (Lipinski definition) is 5. The van der Waals surface area contributed by atoms with Gasteiger partial charge in [0.2, 0.25) is 11.7 Å². The van der Waals surface area contributed by atoms with E-state index in [0.717, 1.165) is 24.9 Å². The standard InChI is InChI=1S/C17H16N4O/c1-2-8-15-13(5-1)7-4-10-21(15)12-16-19-17(20-22-16)14-6-3-9-18-11-14/h1-3,5-6,8-9,11H,4,7,10,12H2. The van der Waals surface area contributed by atoms with Crippen LogP contribution in [0.2, 0.25) is 0 Å². The zero-order valence-corrected chi connectivity index (χ0v) is 12.1. The van der Waals surface area contributed by atoms with Crippen LogP contribution in [0.1, 0.15) is 17.9 Å². The highest BCUT2D eigenvalue weighted by Gasteiger charge is 2.19. The van der Waals surface area contributed by atoms with E-state index < -0.39 is 0 Å². The zero-order valence-electron chi connectivity index (χ0n) is 12.1. The Balaban J connectivity index is 1.57. The van der Waals surface area contributed by atoms with Crippen LogP contribution < -0.4 is 4.90 Å². The minimum Gasteiger partial charge on any atom is -0.362 e. The molecule has 0 amide bonds. The third-order valence-electron chi connectivity index (χ3n) is 3.92. The fraction of sp³-hybridized carbons (Fsp3) is 0.235. The summed E-state index contributed by atoms with van der Waals surface area (Å²) in [6.45, 7) is 1.66. The molecule has 1 aromatic carbocycles. The van der Waals surface area contributed by atoms with Gasteiger partial charge in [-0.2, -0.15) is 4.98 Å². The molecule has 0 unspecified atom stereocenters. The summed E-state index contributed by atoms with van der Waals surface area (Å²) < 4.78 is 5.41. The van der Waals surface area contributed by atoms with E-state index in [4.69, 9.17) is 4.52 Å². The van der Waals surface area contributed by atoms with E-state index in [1.54, 1.807) is 12.4 Å². The number of anilines is 1. The molecule has 3 heterocycles. The first-order valence-electron chi connectivity index (χ1n) is 7.46. The van der Waals surface area contributed by atoms with Crippen molar-refractivity contribution in [2.75, 3.05) is 11.4 Å². The lowest BCUT2D eigenvalue weighted by molar-refractivity contribution is 0.375. The van der Waals surface area contributed by atoms with E-state index in [0.29, 0.717) is 18.3 Å². The van der Waals surface area contributed by atoms with Crippen LogP contribution in [0.4, 0.5) is 5.69 Å². The van der Waals surface area contributed by atoms with E-state index in [-0.39, 0.29) is 0 Å². The number of rotatable bonds is 3. The summed E-state index contributed by atoms with van der Waals surface area (Å²) >= 11 is 0. The van der Waals surface area contributed by atoms with Gasteiger partial charge >= 0.3 is 0 Å². The molecule has 5 nitrogen and oxygen atoms in total. The second kappa shape index (κ2) is 5.60. The summed E-state index contributed by atoms with van der Waals surface area (Å²) in [5, 5.41) is 4.06. The van der Waals surface area contributed by atoms with E-state index in [9.17, 15) is 0 Å². The Bertz CT molecular complexity index is 769. The SMILES string of the molecule is c1cncc(-c2noc(CN3CCCc4ccccc43)n2)c1. The first kappa shape index (κ1) is 13.0. The van der Waals surface area contributed by atoms with Crippen molar-refractivity contribution in [3.05, 3.63) is 60.2 Å². The Kier molecular flexibility index (Phi) is 3.31. The number of nitrogens with zero attached hydrogens (tertiary/aromatic N) is 4. The summed E-state index contributed by atoms with van der Waals surface area (Å²) in [6.07, 6.45) is 5.76. The number of para-hydroxylation sites is 1.